The first-order chi connectivity index (χ1) is 8.27. The maximum Gasteiger partial charge on any atom is 0.125 e. The lowest BCUT2D eigenvalue weighted by atomic mass is 10.0. The Balaban J connectivity index is 1.63. The minimum Gasteiger partial charge on any atom is -0.337 e. The summed E-state index contributed by atoms with van der Waals surface area (Å²) in [4.78, 5) is 4.37. The van der Waals surface area contributed by atoms with Crippen LogP contribution in [0.5, 0.6) is 0 Å². The van der Waals surface area contributed by atoms with Crippen LogP contribution in [0.2, 0.25) is 0 Å². The summed E-state index contributed by atoms with van der Waals surface area (Å²) in [5.41, 5.74) is 0. The van der Waals surface area contributed by atoms with Gasteiger partial charge in [0.05, 0.1) is 6.04 Å². The second-order valence-electron chi connectivity index (χ2n) is 5.36. The fraction of sp³-hybridized carbons (Fsp3) is 0.786. The van der Waals surface area contributed by atoms with E-state index in [-0.39, 0.29) is 0 Å². The van der Waals surface area contributed by atoms with Crippen LogP contribution >= 0.6 is 0 Å². The van der Waals surface area contributed by atoms with Crippen LogP contribution in [0.4, 0.5) is 0 Å². The van der Waals surface area contributed by atoms with Gasteiger partial charge in [-0.25, -0.2) is 4.98 Å². The van der Waals surface area contributed by atoms with Crippen LogP contribution in [0.1, 0.15) is 57.3 Å². The highest BCUT2D eigenvalue weighted by molar-refractivity contribution is 4.96. The molecule has 1 aliphatic carbocycles. The largest absolute Gasteiger partial charge is 0.337 e. The molecule has 0 aromatic carbocycles. The summed E-state index contributed by atoms with van der Waals surface area (Å²) in [5, 5.41) is 3.57. The molecule has 1 aromatic heterocycles. The monoisotopic (exact) mass is 235 g/mol. The maximum atomic E-state index is 4.37. The number of nitrogens with zero attached hydrogens (tertiary/aromatic N) is 2. The molecular weight excluding hydrogens is 210 g/mol. The van der Waals surface area contributed by atoms with Gasteiger partial charge in [-0.3, -0.25) is 0 Å². The number of imidazole rings is 1. The fourth-order valence-electron chi connectivity index (χ4n) is 2.89. The molecule has 1 aliphatic rings. The Morgan fingerprint density at radius 1 is 1.47 bits per heavy atom. The van der Waals surface area contributed by atoms with E-state index in [0.29, 0.717) is 6.04 Å². The van der Waals surface area contributed by atoms with Gasteiger partial charge in [0, 0.05) is 19.4 Å². The topological polar surface area (TPSA) is 29.9 Å². The standard InChI is InChI=1S/C14H25N3/c1-12(14-16-10-11-17(14)2)15-9-5-8-13-6-3-4-7-13/h10-13,15H,3-9H2,1-2H3. The van der Waals surface area contributed by atoms with Crippen molar-refractivity contribution in [3.8, 4) is 0 Å². The lowest BCUT2D eigenvalue weighted by Gasteiger charge is -2.14. The molecule has 3 nitrogen and oxygen atoms in total. The second-order valence-corrected chi connectivity index (χ2v) is 5.36. The number of rotatable bonds is 6. The van der Waals surface area contributed by atoms with Crippen LogP contribution in [0.3, 0.4) is 0 Å². The van der Waals surface area contributed by atoms with E-state index in [1.54, 1.807) is 0 Å². The van der Waals surface area contributed by atoms with Crippen LogP contribution in [-0.4, -0.2) is 16.1 Å². The summed E-state index contributed by atoms with van der Waals surface area (Å²) in [7, 11) is 2.05. The average Bonchev–Trinajstić information content (AvgIpc) is 2.95. The molecule has 0 bridgehead atoms. The van der Waals surface area contributed by atoms with E-state index in [4.69, 9.17) is 0 Å². The molecule has 3 heteroatoms. The van der Waals surface area contributed by atoms with Gasteiger partial charge < -0.3 is 9.88 Å². The molecule has 1 fully saturated rings. The molecule has 1 N–H and O–H groups in total. The Morgan fingerprint density at radius 2 is 2.24 bits per heavy atom. The molecule has 2 rings (SSSR count). The molecule has 0 saturated heterocycles. The quantitative estimate of drug-likeness (QED) is 0.768. The SMILES string of the molecule is CC(NCCCC1CCCC1)c1nccn1C. The van der Waals surface area contributed by atoms with Gasteiger partial charge in [0.25, 0.3) is 0 Å². The van der Waals surface area contributed by atoms with Crippen LogP contribution < -0.4 is 5.32 Å². The molecule has 0 radical (unpaired) electrons. The number of hydrogen-bond donors (Lipinski definition) is 1. The smallest absolute Gasteiger partial charge is 0.125 e. The van der Waals surface area contributed by atoms with Gasteiger partial charge in [-0.2, -0.15) is 0 Å². The second kappa shape index (κ2) is 6.20. The Morgan fingerprint density at radius 3 is 2.88 bits per heavy atom. The molecule has 1 saturated carbocycles. The van der Waals surface area contributed by atoms with Gasteiger partial charge in [0.15, 0.2) is 0 Å². The van der Waals surface area contributed by atoms with Crippen LogP contribution in [0, 0.1) is 5.92 Å². The van der Waals surface area contributed by atoms with Crippen LogP contribution in [0.15, 0.2) is 12.4 Å². The third kappa shape index (κ3) is 3.56. The van der Waals surface area contributed by atoms with Crippen molar-refractivity contribution in [2.45, 2.75) is 51.5 Å². The summed E-state index contributed by atoms with van der Waals surface area (Å²) in [6.45, 7) is 3.31. The predicted octanol–water partition coefficient (Wildman–Crippen LogP) is 3.04. The van der Waals surface area contributed by atoms with Crippen molar-refractivity contribution in [3.05, 3.63) is 18.2 Å². The molecule has 1 unspecified atom stereocenters. The lowest BCUT2D eigenvalue weighted by molar-refractivity contribution is 0.448. The zero-order chi connectivity index (χ0) is 12.1. The van der Waals surface area contributed by atoms with Gasteiger partial charge in [-0.15, -0.1) is 0 Å². The van der Waals surface area contributed by atoms with Crippen molar-refractivity contribution in [2.24, 2.45) is 13.0 Å². The first-order valence-corrected chi connectivity index (χ1v) is 6.98. The molecule has 0 aliphatic heterocycles. The van der Waals surface area contributed by atoms with Crippen molar-refractivity contribution in [3.63, 3.8) is 0 Å². The summed E-state index contributed by atoms with van der Waals surface area (Å²) in [6, 6.07) is 0.360. The van der Waals surface area contributed by atoms with E-state index >= 15 is 0 Å². The van der Waals surface area contributed by atoms with Crippen LogP contribution in [-0.2, 0) is 7.05 Å². The van der Waals surface area contributed by atoms with Gasteiger partial charge in [0.2, 0.25) is 0 Å². The Hall–Kier alpha value is -0.830. The third-order valence-electron chi connectivity index (χ3n) is 3.96. The normalized spacial score (nSPS) is 18.7. The fourth-order valence-corrected chi connectivity index (χ4v) is 2.89. The van der Waals surface area contributed by atoms with Gasteiger partial charge >= 0.3 is 0 Å². The third-order valence-corrected chi connectivity index (χ3v) is 3.96. The minimum atomic E-state index is 0.360. The Kier molecular flexibility index (Phi) is 4.60. The molecule has 17 heavy (non-hydrogen) atoms. The highest BCUT2D eigenvalue weighted by Crippen LogP contribution is 2.28. The zero-order valence-electron chi connectivity index (χ0n) is 11.2. The summed E-state index contributed by atoms with van der Waals surface area (Å²) in [6.07, 6.45) is 12.4. The van der Waals surface area contributed by atoms with Crippen molar-refractivity contribution in [1.29, 1.82) is 0 Å². The summed E-state index contributed by atoms with van der Waals surface area (Å²) >= 11 is 0. The van der Waals surface area contributed by atoms with E-state index < -0.39 is 0 Å². The number of hydrogen-bond acceptors (Lipinski definition) is 2. The molecule has 0 amide bonds. The van der Waals surface area contributed by atoms with Crippen molar-refractivity contribution in [2.75, 3.05) is 6.54 Å². The molecule has 0 spiro atoms. The molecule has 1 heterocycles. The van der Waals surface area contributed by atoms with Gasteiger partial charge in [-0.05, 0) is 32.2 Å². The van der Waals surface area contributed by atoms with E-state index in [2.05, 4.69) is 28.8 Å². The first-order valence-electron chi connectivity index (χ1n) is 6.98. The van der Waals surface area contributed by atoms with E-state index in [1.165, 1.54) is 38.5 Å². The first kappa shape index (κ1) is 12.6. The lowest BCUT2D eigenvalue weighted by Crippen LogP contribution is -2.22. The van der Waals surface area contributed by atoms with E-state index in [1.807, 2.05) is 12.4 Å². The van der Waals surface area contributed by atoms with E-state index in [0.717, 1.165) is 18.3 Å². The Labute approximate surface area is 105 Å². The van der Waals surface area contributed by atoms with Crippen molar-refractivity contribution >= 4 is 0 Å². The maximum absolute atomic E-state index is 4.37. The van der Waals surface area contributed by atoms with E-state index in [9.17, 15) is 0 Å². The molecule has 1 aromatic rings. The predicted molar refractivity (Wildman–Crippen MR) is 70.8 cm³/mol. The zero-order valence-corrected chi connectivity index (χ0v) is 11.2. The summed E-state index contributed by atoms with van der Waals surface area (Å²) < 4.78 is 2.09. The summed E-state index contributed by atoms with van der Waals surface area (Å²) in [5.74, 6) is 2.14. The van der Waals surface area contributed by atoms with Crippen LogP contribution in [0.25, 0.3) is 0 Å². The van der Waals surface area contributed by atoms with Crippen molar-refractivity contribution < 1.29 is 0 Å². The Bertz CT molecular complexity index is 326. The highest BCUT2D eigenvalue weighted by Gasteiger charge is 2.14. The van der Waals surface area contributed by atoms with Gasteiger partial charge in [-0.1, -0.05) is 25.7 Å². The van der Waals surface area contributed by atoms with Crippen molar-refractivity contribution in [1.82, 2.24) is 14.9 Å². The number of aromatic nitrogens is 2. The number of nitrogens with one attached hydrogen (secondary N) is 1. The average molecular weight is 235 g/mol. The molecule has 96 valence electrons. The molecular formula is C14H25N3. The number of aryl methyl sites for hydroxylation is 1. The minimum absolute atomic E-state index is 0.360. The molecule has 1 atom stereocenters. The highest BCUT2D eigenvalue weighted by atomic mass is 15.1. The van der Waals surface area contributed by atoms with Gasteiger partial charge in [0.1, 0.15) is 5.82 Å².